The van der Waals surface area contributed by atoms with Gasteiger partial charge in [-0.15, -0.1) is 12.4 Å². The SMILES string of the molecule is CC1CCC(=O)N1c1cccc(NC(=O)c2cccc(CN)c2)c1.Cl. The first-order chi connectivity index (χ1) is 11.6. The van der Waals surface area contributed by atoms with Crippen LogP contribution in [0.2, 0.25) is 0 Å². The van der Waals surface area contributed by atoms with Gasteiger partial charge in [-0.05, 0) is 49.2 Å². The monoisotopic (exact) mass is 359 g/mol. The zero-order valence-electron chi connectivity index (χ0n) is 14.1. The summed E-state index contributed by atoms with van der Waals surface area (Å²) in [5.74, 6) is -0.0649. The summed E-state index contributed by atoms with van der Waals surface area (Å²) in [4.78, 5) is 26.2. The number of hydrogen-bond donors (Lipinski definition) is 2. The van der Waals surface area contributed by atoms with Crippen molar-refractivity contribution in [2.75, 3.05) is 10.2 Å². The number of benzene rings is 2. The van der Waals surface area contributed by atoms with Gasteiger partial charge in [0.2, 0.25) is 5.91 Å². The summed E-state index contributed by atoms with van der Waals surface area (Å²) in [5.41, 5.74) is 8.58. The van der Waals surface area contributed by atoms with Crippen LogP contribution in [0.1, 0.15) is 35.7 Å². The van der Waals surface area contributed by atoms with E-state index in [0.717, 1.165) is 17.7 Å². The largest absolute Gasteiger partial charge is 0.326 e. The molecule has 3 N–H and O–H groups in total. The van der Waals surface area contributed by atoms with E-state index in [1.807, 2.05) is 43.3 Å². The van der Waals surface area contributed by atoms with Gasteiger partial charge in [0, 0.05) is 35.9 Å². The third-order valence-corrected chi connectivity index (χ3v) is 4.29. The number of anilines is 2. The smallest absolute Gasteiger partial charge is 0.255 e. The Kier molecular flexibility index (Phi) is 6.17. The van der Waals surface area contributed by atoms with Crippen molar-refractivity contribution in [3.05, 3.63) is 59.7 Å². The fourth-order valence-corrected chi connectivity index (χ4v) is 3.00. The summed E-state index contributed by atoms with van der Waals surface area (Å²) < 4.78 is 0. The second-order valence-corrected chi connectivity index (χ2v) is 6.06. The molecular weight excluding hydrogens is 338 g/mol. The Morgan fingerprint density at radius 1 is 1.24 bits per heavy atom. The van der Waals surface area contributed by atoms with E-state index in [0.29, 0.717) is 24.2 Å². The van der Waals surface area contributed by atoms with Gasteiger partial charge >= 0.3 is 0 Å². The van der Waals surface area contributed by atoms with Crippen LogP contribution in [0.4, 0.5) is 11.4 Å². The molecule has 0 bridgehead atoms. The quantitative estimate of drug-likeness (QED) is 0.879. The molecule has 0 aromatic heterocycles. The number of carbonyl (C=O) groups excluding carboxylic acids is 2. The highest BCUT2D eigenvalue weighted by atomic mass is 35.5. The van der Waals surface area contributed by atoms with Crippen molar-refractivity contribution in [1.82, 2.24) is 0 Å². The number of rotatable bonds is 4. The Hall–Kier alpha value is -2.37. The minimum absolute atomic E-state index is 0. The molecule has 5 nitrogen and oxygen atoms in total. The third-order valence-electron chi connectivity index (χ3n) is 4.29. The molecule has 0 spiro atoms. The molecule has 6 heteroatoms. The van der Waals surface area contributed by atoms with Gasteiger partial charge in [-0.1, -0.05) is 18.2 Å². The molecule has 1 fully saturated rings. The average molecular weight is 360 g/mol. The second-order valence-electron chi connectivity index (χ2n) is 6.06. The van der Waals surface area contributed by atoms with Crippen molar-refractivity contribution in [3.8, 4) is 0 Å². The van der Waals surface area contributed by atoms with Crippen LogP contribution in [0.15, 0.2) is 48.5 Å². The van der Waals surface area contributed by atoms with E-state index in [9.17, 15) is 9.59 Å². The molecule has 0 radical (unpaired) electrons. The van der Waals surface area contributed by atoms with Gasteiger partial charge in [0.25, 0.3) is 5.91 Å². The van der Waals surface area contributed by atoms with Crippen LogP contribution < -0.4 is 16.0 Å². The van der Waals surface area contributed by atoms with E-state index in [4.69, 9.17) is 5.73 Å². The molecule has 1 saturated heterocycles. The molecule has 25 heavy (non-hydrogen) atoms. The summed E-state index contributed by atoms with van der Waals surface area (Å²) in [5, 5.41) is 2.89. The average Bonchev–Trinajstić information content (AvgIpc) is 2.93. The molecule has 1 unspecified atom stereocenters. The summed E-state index contributed by atoms with van der Waals surface area (Å²) in [6, 6.07) is 14.8. The van der Waals surface area contributed by atoms with Crippen molar-refractivity contribution < 1.29 is 9.59 Å². The molecule has 2 amide bonds. The fraction of sp³-hybridized carbons (Fsp3) is 0.263. The van der Waals surface area contributed by atoms with Gasteiger partial charge in [0.15, 0.2) is 0 Å². The number of nitrogens with one attached hydrogen (secondary N) is 1. The predicted octanol–water partition coefficient (Wildman–Crippen LogP) is 3.33. The molecular formula is C19H22ClN3O2. The molecule has 1 aliphatic rings. The van der Waals surface area contributed by atoms with Crippen molar-refractivity contribution in [1.29, 1.82) is 0 Å². The molecule has 2 aromatic rings. The van der Waals surface area contributed by atoms with Crippen molar-refractivity contribution >= 4 is 35.6 Å². The maximum Gasteiger partial charge on any atom is 0.255 e. The van der Waals surface area contributed by atoms with Gasteiger partial charge in [-0.2, -0.15) is 0 Å². The first-order valence-corrected chi connectivity index (χ1v) is 8.11. The topological polar surface area (TPSA) is 75.4 Å². The highest BCUT2D eigenvalue weighted by Crippen LogP contribution is 2.28. The second kappa shape index (κ2) is 8.14. The predicted molar refractivity (Wildman–Crippen MR) is 102 cm³/mol. The molecule has 132 valence electrons. The molecule has 1 aliphatic heterocycles. The van der Waals surface area contributed by atoms with Gasteiger partial charge in [0.1, 0.15) is 0 Å². The minimum atomic E-state index is -0.191. The van der Waals surface area contributed by atoms with Crippen LogP contribution >= 0.6 is 12.4 Å². The lowest BCUT2D eigenvalue weighted by atomic mass is 10.1. The van der Waals surface area contributed by atoms with Gasteiger partial charge < -0.3 is 16.0 Å². The zero-order chi connectivity index (χ0) is 17.1. The van der Waals surface area contributed by atoms with E-state index >= 15 is 0 Å². The Morgan fingerprint density at radius 2 is 2.00 bits per heavy atom. The molecule has 1 heterocycles. The third kappa shape index (κ3) is 4.18. The highest BCUT2D eigenvalue weighted by molar-refractivity contribution is 6.05. The van der Waals surface area contributed by atoms with E-state index < -0.39 is 0 Å². The van der Waals surface area contributed by atoms with Crippen molar-refractivity contribution in [3.63, 3.8) is 0 Å². The number of amides is 2. The Labute approximate surface area is 153 Å². The van der Waals surface area contributed by atoms with Crippen LogP contribution in [0.3, 0.4) is 0 Å². The van der Waals surface area contributed by atoms with E-state index in [-0.39, 0.29) is 30.3 Å². The molecule has 2 aromatic carbocycles. The van der Waals surface area contributed by atoms with E-state index in [2.05, 4.69) is 5.32 Å². The molecule has 1 atom stereocenters. The van der Waals surface area contributed by atoms with E-state index in [1.165, 1.54) is 0 Å². The number of halogens is 1. The molecule has 0 saturated carbocycles. The molecule has 3 rings (SSSR count). The summed E-state index contributed by atoms with van der Waals surface area (Å²) >= 11 is 0. The fourth-order valence-electron chi connectivity index (χ4n) is 3.00. The zero-order valence-corrected chi connectivity index (χ0v) is 14.9. The standard InChI is InChI=1S/C19H21N3O2.ClH/c1-13-8-9-18(23)22(13)17-7-3-6-16(11-17)21-19(24)15-5-2-4-14(10-15)12-20;/h2-7,10-11,13H,8-9,12,20H2,1H3,(H,21,24);1H. The van der Waals surface area contributed by atoms with Crippen LogP contribution in [0.5, 0.6) is 0 Å². The normalized spacial score (nSPS) is 16.5. The van der Waals surface area contributed by atoms with Crippen LogP contribution in [-0.2, 0) is 11.3 Å². The summed E-state index contributed by atoms with van der Waals surface area (Å²) in [6.07, 6.45) is 1.44. The van der Waals surface area contributed by atoms with Crippen LogP contribution in [0, 0.1) is 0 Å². The number of nitrogens with two attached hydrogens (primary N) is 1. The van der Waals surface area contributed by atoms with E-state index in [1.54, 1.807) is 17.0 Å². The van der Waals surface area contributed by atoms with Crippen LogP contribution in [0.25, 0.3) is 0 Å². The maximum atomic E-state index is 12.4. The van der Waals surface area contributed by atoms with Crippen molar-refractivity contribution in [2.24, 2.45) is 5.73 Å². The highest BCUT2D eigenvalue weighted by Gasteiger charge is 2.28. The van der Waals surface area contributed by atoms with Gasteiger partial charge in [-0.25, -0.2) is 0 Å². The number of hydrogen-bond acceptors (Lipinski definition) is 3. The lowest BCUT2D eigenvalue weighted by Gasteiger charge is -2.22. The Bertz CT molecular complexity index is 779. The van der Waals surface area contributed by atoms with Gasteiger partial charge in [0.05, 0.1) is 0 Å². The minimum Gasteiger partial charge on any atom is -0.326 e. The van der Waals surface area contributed by atoms with Crippen molar-refractivity contribution in [2.45, 2.75) is 32.4 Å². The summed E-state index contributed by atoms with van der Waals surface area (Å²) in [7, 11) is 0. The number of nitrogens with zero attached hydrogens (tertiary/aromatic N) is 1. The Morgan fingerprint density at radius 3 is 2.68 bits per heavy atom. The molecule has 0 aliphatic carbocycles. The van der Waals surface area contributed by atoms with Crippen LogP contribution in [-0.4, -0.2) is 17.9 Å². The Balaban J connectivity index is 0.00000225. The maximum absolute atomic E-state index is 12.4. The number of carbonyl (C=O) groups is 2. The first-order valence-electron chi connectivity index (χ1n) is 8.11. The first kappa shape index (κ1) is 19.0. The summed E-state index contributed by atoms with van der Waals surface area (Å²) in [6.45, 7) is 2.43. The lowest BCUT2D eigenvalue weighted by molar-refractivity contribution is -0.117. The lowest BCUT2D eigenvalue weighted by Crippen LogP contribution is -2.30. The van der Waals surface area contributed by atoms with Gasteiger partial charge in [-0.3, -0.25) is 9.59 Å².